The predicted molar refractivity (Wildman–Crippen MR) is 53.3 cm³/mol. The minimum atomic E-state index is -0.856. The van der Waals surface area contributed by atoms with Gasteiger partial charge in [0.2, 0.25) is 0 Å². The molecular weight excluding hydrogens is 199 g/mol. The molecule has 1 N–H and O–H groups in total. The lowest BCUT2D eigenvalue weighted by Crippen LogP contribution is -2.57. The average Bonchev–Trinajstić information content (AvgIpc) is 2.60. The number of carbonyl (C=O) groups excluding carboxylic acids is 1. The van der Waals surface area contributed by atoms with Gasteiger partial charge in [-0.05, 0) is 6.42 Å². The van der Waals surface area contributed by atoms with E-state index in [9.17, 15) is 9.18 Å². The van der Waals surface area contributed by atoms with Gasteiger partial charge < -0.3 is 15.0 Å². The molecule has 0 aromatic carbocycles. The van der Waals surface area contributed by atoms with Gasteiger partial charge in [-0.15, -0.1) is 6.58 Å². The van der Waals surface area contributed by atoms with Crippen molar-refractivity contribution in [3.05, 3.63) is 12.7 Å². The molecule has 2 heterocycles. The molecule has 2 rings (SSSR count). The smallest absolute Gasteiger partial charge is 0.317 e. The number of hydrogen-bond donors (Lipinski definition) is 1. The van der Waals surface area contributed by atoms with Gasteiger partial charge in [-0.3, -0.25) is 0 Å². The molecule has 0 aromatic rings. The molecule has 2 aliphatic heterocycles. The van der Waals surface area contributed by atoms with Gasteiger partial charge in [0.25, 0.3) is 0 Å². The molecule has 2 fully saturated rings. The summed E-state index contributed by atoms with van der Waals surface area (Å²) in [5.74, 6) is 0. The number of hydrogen-bond acceptors (Lipinski definition) is 2. The SMILES string of the molecule is C=C[C@@H]1OCC[C@H]1NC(=O)N1CC(F)C1. The van der Waals surface area contributed by atoms with Crippen LogP contribution >= 0.6 is 0 Å². The van der Waals surface area contributed by atoms with Crippen LogP contribution in [0.15, 0.2) is 12.7 Å². The maximum atomic E-state index is 12.5. The summed E-state index contributed by atoms with van der Waals surface area (Å²) in [5.41, 5.74) is 0. The van der Waals surface area contributed by atoms with Crippen LogP contribution in [0.5, 0.6) is 0 Å². The zero-order valence-electron chi connectivity index (χ0n) is 8.49. The standard InChI is InChI=1S/C10H15FN2O2/c1-2-9-8(3-4-15-9)12-10(14)13-5-7(11)6-13/h2,7-9H,1,3-6H2,(H,12,14)/t8-,9+/m1/s1. The van der Waals surface area contributed by atoms with Gasteiger partial charge in [-0.1, -0.05) is 6.08 Å². The van der Waals surface area contributed by atoms with Crippen LogP contribution in [0.2, 0.25) is 0 Å². The second-order valence-corrected chi connectivity index (χ2v) is 3.92. The summed E-state index contributed by atoms with van der Waals surface area (Å²) in [4.78, 5) is 13.0. The number of likely N-dealkylation sites (tertiary alicyclic amines) is 1. The third kappa shape index (κ3) is 2.12. The summed E-state index contributed by atoms with van der Waals surface area (Å²) in [6.07, 6.45) is 1.50. The number of nitrogens with zero attached hydrogens (tertiary/aromatic N) is 1. The van der Waals surface area contributed by atoms with Crippen molar-refractivity contribution < 1.29 is 13.9 Å². The molecule has 4 nitrogen and oxygen atoms in total. The first-order chi connectivity index (χ1) is 7.20. The number of carbonyl (C=O) groups is 1. The van der Waals surface area contributed by atoms with E-state index >= 15 is 0 Å². The van der Waals surface area contributed by atoms with Crippen molar-refractivity contribution in [2.45, 2.75) is 24.7 Å². The van der Waals surface area contributed by atoms with Crippen LogP contribution in [-0.2, 0) is 4.74 Å². The monoisotopic (exact) mass is 214 g/mol. The van der Waals surface area contributed by atoms with E-state index in [0.29, 0.717) is 6.61 Å². The maximum Gasteiger partial charge on any atom is 0.317 e. The molecule has 2 saturated heterocycles. The molecule has 0 spiro atoms. The lowest BCUT2D eigenvalue weighted by Gasteiger charge is -2.35. The van der Waals surface area contributed by atoms with Gasteiger partial charge in [0.05, 0.1) is 25.2 Å². The van der Waals surface area contributed by atoms with Crippen LogP contribution in [0.4, 0.5) is 9.18 Å². The highest BCUT2D eigenvalue weighted by Gasteiger charge is 2.34. The molecule has 0 saturated carbocycles. The number of amides is 2. The molecule has 84 valence electrons. The number of nitrogens with one attached hydrogen (secondary N) is 1. The van der Waals surface area contributed by atoms with Crippen LogP contribution < -0.4 is 5.32 Å². The molecule has 15 heavy (non-hydrogen) atoms. The van der Waals surface area contributed by atoms with Crippen molar-refractivity contribution >= 4 is 6.03 Å². The lowest BCUT2D eigenvalue weighted by molar-refractivity contribution is 0.0846. The van der Waals surface area contributed by atoms with Crippen LogP contribution in [0.25, 0.3) is 0 Å². The van der Waals surface area contributed by atoms with E-state index in [1.54, 1.807) is 6.08 Å². The summed E-state index contributed by atoms with van der Waals surface area (Å²) in [6.45, 7) is 4.69. The largest absolute Gasteiger partial charge is 0.372 e. The first-order valence-electron chi connectivity index (χ1n) is 5.14. The molecule has 2 amide bonds. The predicted octanol–water partition coefficient (Wildman–Crippen LogP) is 0.693. The Hall–Kier alpha value is -1.10. The molecule has 2 atom stereocenters. The molecule has 0 unspecified atom stereocenters. The van der Waals surface area contributed by atoms with Crippen molar-refractivity contribution in [2.75, 3.05) is 19.7 Å². The maximum absolute atomic E-state index is 12.5. The first-order valence-corrected chi connectivity index (χ1v) is 5.14. The van der Waals surface area contributed by atoms with E-state index in [1.165, 1.54) is 4.90 Å². The average molecular weight is 214 g/mol. The van der Waals surface area contributed by atoms with E-state index in [1.807, 2.05) is 0 Å². The lowest BCUT2D eigenvalue weighted by atomic mass is 10.1. The summed E-state index contributed by atoms with van der Waals surface area (Å²) < 4.78 is 17.9. The number of halogens is 1. The Morgan fingerprint density at radius 3 is 2.93 bits per heavy atom. The summed E-state index contributed by atoms with van der Waals surface area (Å²) in [6, 6.07) is -0.222. The number of ether oxygens (including phenoxy) is 1. The normalized spacial score (nSPS) is 31.1. The van der Waals surface area contributed by atoms with Gasteiger partial charge in [-0.2, -0.15) is 0 Å². The Kier molecular flexibility index (Phi) is 2.90. The van der Waals surface area contributed by atoms with Gasteiger partial charge in [0.1, 0.15) is 6.17 Å². The minimum absolute atomic E-state index is 0.0198. The van der Waals surface area contributed by atoms with Crippen LogP contribution in [0.1, 0.15) is 6.42 Å². The van der Waals surface area contributed by atoms with E-state index < -0.39 is 6.17 Å². The number of alkyl halides is 1. The second kappa shape index (κ2) is 4.18. The third-order valence-corrected chi connectivity index (χ3v) is 2.80. The van der Waals surface area contributed by atoms with Crippen molar-refractivity contribution in [1.82, 2.24) is 10.2 Å². The molecule has 0 bridgehead atoms. The Bertz CT molecular complexity index is 266. The third-order valence-electron chi connectivity index (χ3n) is 2.80. The fourth-order valence-electron chi connectivity index (χ4n) is 1.84. The quantitative estimate of drug-likeness (QED) is 0.687. The van der Waals surface area contributed by atoms with E-state index in [0.717, 1.165) is 6.42 Å². The van der Waals surface area contributed by atoms with Crippen LogP contribution in [0.3, 0.4) is 0 Å². The molecule has 5 heteroatoms. The van der Waals surface area contributed by atoms with Gasteiger partial charge in [-0.25, -0.2) is 9.18 Å². The van der Waals surface area contributed by atoms with Crippen molar-refractivity contribution in [3.63, 3.8) is 0 Å². The van der Waals surface area contributed by atoms with Crippen molar-refractivity contribution in [3.8, 4) is 0 Å². The van der Waals surface area contributed by atoms with Crippen LogP contribution in [0, 0.1) is 0 Å². The van der Waals surface area contributed by atoms with Crippen molar-refractivity contribution in [2.24, 2.45) is 0 Å². The molecular formula is C10H15FN2O2. The van der Waals surface area contributed by atoms with E-state index in [-0.39, 0.29) is 31.3 Å². The van der Waals surface area contributed by atoms with Gasteiger partial charge in [0.15, 0.2) is 0 Å². The Morgan fingerprint density at radius 1 is 1.60 bits per heavy atom. The second-order valence-electron chi connectivity index (χ2n) is 3.92. The number of rotatable bonds is 2. The zero-order chi connectivity index (χ0) is 10.8. The molecule has 0 aromatic heterocycles. The Labute approximate surface area is 88.1 Å². The van der Waals surface area contributed by atoms with Gasteiger partial charge in [0, 0.05) is 6.61 Å². The van der Waals surface area contributed by atoms with E-state index in [2.05, 4.69) is 11.9 Å². The van der Waals surface area contributed by atoms with E-state index in [4.69, 9.17) is 4.74 Å². The fourth-order valence-corrected chi connectivity index (χ4v) is 1.84. The highest BCUT2D eigenvalue weighted by molar-refractivity contribution is 5.75. The van der Waals surface area contributed by atoms with Crippen molar-refractivity contribution in [1.29, 1.82) is 0 Å². The molecule has 0 radical (unpaired) electrons. The highest BCUT2D eigenvalue weighted by Crippen LogP contribution is 2.16. The summed E-state index contributed by atoms with van der Waals surface area (Å²) >= 11 is 0. The summed E-state index contributed by atoms with van der Waals surface area (Å²) in [7, 11) is 0. The fraction of sp³-hybridized carbons (Fsp3) is 0.700. The van der Waals surface area contributed by atoms with Gasteiger partial charge >= 0.3 is 6.03 Å². The Morgan fingerprint density at radius 2 is 2.33 bits per heavy atom. The molecule has 0 aliphatic carbocycles. The molecule has 2 aliphatic rings. The van der Waals surface area contributed by atoms with Crippen LogP contribution in [-0.4, -0.2) is 48.9 Å². The topological polar surface area (TPSA) is 41.6 Å². The number of urea groups is 1. The Balaban J connectivity index is 1.81. The summed E-state index contributed by atoms with van der Waals surface area (Å²) in [5, 5.41) is 2.83. The zero-order valence-corrected chi connectivity index (χ0v) is 8.49. The first kappa shape index (κ1) is 10.4. The minimum Gasteiger partial charge on any atom is -0.372 e. The highest BCUT2D eigenvalue weighted by atomic mass is 19.1.